The third-order valence-electron chi connectivity index (χ3n) is 3.48. The number of piperidine rings is 1. The molecule has 98 valence electrons. The Balaban J connectivity index is 2.02. The van der Waals surface area contributed by atoms with Gasteiger partial charge in [0.05, 0.1) is 11.4 Å². The number of nitrogens with zero attached hydrogens (tertiary/aromatic N) is 1. The summed E-state index contributed by atoms with van der Waals surface area (Å²) in [5.74, 6) is 0.235. The molecule has 1 aromatic rings. The Hall–Kier alpha value is -1.42. The van der Waals surface area contributed by atoms with Gasteiger partial charge in [-0.3, -0.25) is 9.78 Å². The minimum atomic E-state index is 0.113. The molecule has 2 N–H and O–H groups in total. The van der Waals surface area contributed by atoms with Gasteiger partial charge in [-0.25, -0.2) is 0 Å². The lowest BCUT2D eigenvalue weighted by atomic mass is 9.92. The van der Waals surface area contributed by atoms with E-state index < -0.39 is 0 Å². The minimum absolute atomic E-state index is 0.113. The standard InChI is InChI=1S/C14H21N3O/c1-9-4-5-13(11(3)16-9)17-14(18)12-6-7-15-10(2)8-12/h4-5,10,12,15H,6-8H2,1-3H3,(H,17,18)/t10-,12-/m0/s1. The van der Waals surface area contributed by atoms with Gasteiger partial charge in [0.1, 0.15) is 0 Å². The van der Waals surface area contributed by atoms with Gasteiger partial charge in [-0.05, 0) is 52.3 Å². The van der Waals surface area contributed by atoms with Crippen molar-refractivity contribution in [3.63, 3.8) is 0 Å². The summed E-state index contributed by atoms with van der Waals surface area (Å²) in [7, 11) is 0. The molecule has 0 aromatic carbocycles. The van der Waals surface area contributed by atoms with Gasteiger partial charge in [0.2, 0.25) is 5.91 Å². The van der Waals surface area contributed by atoms with Gasteiger partial charge in [0, 0.05) is 17.7 Å². The van der Waals surface area contributed by atoms with E-state index in [4.69, 9.17) is 0 Å². The van der Waals surface area contributed by atoms with E-state index in [-0.39, 0.29) is 11.8 Å². The van der Waals surface area contributed by atoms with Crippen molar-refractivity contribution in [1.29, 1.82) is 0 Å². The summed E-state index contributed by atoms with van der Waals surface area (Å²) in [5.41, 5.74) is 2.68. The Labute approximate surface area is 108 Å². The van der Waals surface area contributed by atoms with E-state index >= 15 is 0 Å². The van der Waals surface area contributed by atoms with Crippen LogP contribution in [0.25, 0.3) is 0 Å². The third-order valence-corrected chi connectivity index (χ3v) is 3.48. The second kappa shape index (κ2) is 5.48. The van der Waals surface area contributed by atoms with Crippen LogP contribution >= 0.6 is 0 Å². The van der Waals surface area contributed by atoms with E-state index in [0.717, 1.165) is 36.5 Å². The Kier molecular flexibility index (Phi) is 3.97. The third kappa shape index (κ3) is 3.07. The molecule has 0 unspecified atom stereocenters. The van der Waals surface area contributed by atoms with Gasteiger partial charge in [-0.15, -0.1) is 0 Å². The summed E-state index contributed by atoms with van der Waals surface area (Å²) >= 11 is 0. The number of rotatable bonds is 2. The summed E-state index contributed by atoms with van der Waals surface area (Å²) < 4.78 is 0. The fourth-order valence-corrected chi connectivity index (χ4v) is 2.42. The molecule has 0 bridgehead atoms. The van der Waals surface area contributed by atoms with Crippen LogP contribution in [0.5, 0.6) is 0 Å². The highest BCUT2D eigenvalue weighted by molar-refractivity contribution is 5.93. The Bertz CT molecular complexity index is 445. The largest absolute Gasteiger partial charge is 0.324 e. The highest BCUT2D eigenvalue weighted by Gasteiger charge is 2.24. The molecule has 1 aromatic heterocycles. The average molecular weight is 247 g/mol. The smallest absolute Gasteiger partial charge is 0.227 e. The zero-order valence-corrected chi connectivity index (χ0v) is 11.3. The van der Waals surface area contributed by atoms with Crippen molar-refractivity contribution in [1.82, 2.24) is 10.3 Å². The fraction of sp³-hybridized carbons (Fsp3) is 0.571. The van der Waals surface area contributed by atoms with E-state index in [1.165, 1.54) is 0 Å². The van der Waals surface area contributed by atoms with Crippen LogP contribution in [-0.2, 0) is 4.79 Å². The molecule has 4 nitrogen and oxygen atoms in total. The van der Waals surface area contributed by atoms with Crippen LogP contribution in [0, 0.1) is 19.8 Å². The number of hydrogen-bond acceptors (Lipinski definition) is 3. The van der Waals surface area contributed by atoms with Crippen molar-refractivity contribution in [2.75, 3.05) is 11.9 Å². The number of nitrogens with one attached hydrogen (secondary N) is 2. The fourth-order valence-electron chi connectivity index (χ4n) is 2.42. The first-order valence-electron chi connectivity index (χ1n) is 6.55. The van der Waals surface area contributed by atoms with Gasteiger partial charge >= 0.3 is 0 Å². The first kappa shape index (κ1) is 13.0. The maximum atomic E-state index is 12.2. The molecule has 2 atom stereocenters. The van der Waals surface area contributed by atoms with Crippen molar-refractivity contribution in [3.8, 4) is 0 Å². The van der Waals surface area contributed by atoms with Gasteiger partial charge in [-0.1, -0.05) is 0 Å². The Morgan fingerprint density at radius 3 is 2.89 bits per heavy atom. The molecule has 2 rings (SSSR count). The summed E-state index contributed by atoms with van der Waals surface area (Å²) in [6, 6.07) is 4.28. The molecule has 2 heterocycles. The predicted octanol–water partition coefficient (Wildman–Crippen LogP) is 2.03. The normalized spacial score (nSPS) is 23.7. The predicted molar refractivity (Wildman–Crippen MR) is 72.5 cm³/mol. The van der Waals surface area contributed by atoms with E-state index in [1.54, 1.807) is 0 Å². The average Bonchev–Trinajstić information content (AvgIpc) is 2.32. The van der Waals surface area contributed by atoms with Gasteiger partial charge in [-0.2, -0.15) is 0 Å². The monoisotopic (exact) mass is 247 g/mol. The number of amides is 1. The summed E-state index contributed by atoms with van der Waals surface area (Å²) in [5, 5.41) is 6.36. The van der Waals surface area contributed by atoms with Crippen LogP contribution in [0.1, 0.15) is 31.2 Å². The second-order valence-corrected chi connectivity index (χ2v) is 5.15. The van der Waals surface area contributed by atoms with E-state index in [2.05, 4.69) is 22.5 Å². The van der Waals surface area contributed by atoms with Crippen LogP contribution in [0.3, 0.4) is 0 Å². The summed E-state index contributed by atoms with van der Waals surface area (Å²) in [4.78, 5) is 16.5. The zero-order valence-electron chi connectivity index (χ0n) is 11.3. The maximum Gasteiger partial charge on any atom is 0.227 e. The van der Waals surface area contributed by atoms with Crippen molar-refractivity contribution < 1.29 is 4.79 Å². The maximum absolute atomic E-state index is 12.2. The van der Waals surface area contributed by atoms with Crippen molar-refractivity contribution in [2.24, 2.45) is 5.92 Å². The number of carbonyl (C=O) groups excluding carboxylic acids is 1. The first-order chi connectivity index (χ1) is 8.56. The molecule has 1 aliphatic heterocycles. The van der Waals surface area contributed by atoms with Crippen LogP contribution in [0.4, 0.5) is 5.69 Å². The minimum Gasteiger partial charge on any atom is -0.324 e. The van der Waals surface area contributed by atoms with Crippen LogP contribution in [-0.4, -0.2) is 23.5 Å². The van der Waals surface area contributed by atoms with Crippen molar-refractivity contribution in [2.45, 2.75) is 39.7 Å². The molecular weight excluding hydrogens is 226 g/mol. The van der Waals surface area contributed by atoms with Crippen LogP contribution in [0.2, 0.25) is 0 Å². The summed E-state index contributed by atoms with van der Waals surface area (Å²) in [6.07, 6.45) is 1.82. The van der Waals surface area contributed by atoms with E-state index in [1.807, 2.05) is 26.0 Å². The molecule has 18 heavy (non-hydrogen) atoms. The number of anilines is 1. The molecule has 1 saturated heterocycles. The number of hydrogen-bond donors (Lipinski definition) is 2. The molecule has 4 heteroatoms. The number of aromatic nitrogens is 1. The number of aryl methyl sites for hydroxylation is 2. The van der Waals surface area contributed by atoms with Gasteiger partial charge in [0.15, 0.2) is 0 Å². The first-order valence-corrected chi connectivity index (χ1v) is 6.55. The van der Waals surface area contributed by atoms with Crippen LogP contribution in [0.15, 0.2) is 12.1 Å². The lowest BCUT2D eigenvalue weighted by Gasteiger charge is -2.27. The molecule has 0 saturated carbocycles. The molecule has 1 amide bonds. The SMILES string of the molecule is Cc1ccc(NC(=O)[C@H]2CCN[C@@H](C)C2)c(C)n1. The number of pyridine rings is 1. The topological polar surface area (TPSA) is 54.0 Å². The second-order valence-electron chi connectivity index (χ2n) is 5.15. The highest BCUT2D eigenvalue weighted by atomic mass is 16.1. The molecule has 1 aliphatic rings. The molecule has 0 aliphatic carbocycles. The Morgan fingerprint density at radius 2 is 2.22 bits per heavy atom. The number of carbonyl (C=O) groups is 1. The highest BCUT2D eigenvalue weighted by Crippen LogP contribution is 2.20. The van der Waals surface area contributed by atoms with Crippen molar-refractivity contribution >= 4 is 11.6 Å². The van der Waals surface area contributed by atoms with E-state index in [0.29, 0.717) is 6.04 Å². The van der Waals surface area contributed by atoms with Crippen LogP contribution < -0.4 is 10.6 Å². The van der Waals surface area contributed by atoms with Gasteiger partial charge < -0.3 is 10.6 Å². The molecule has 0 spiro atoms. The quantitative estimate of drug-likeness (QED) is 0.840. The summed E-state index contributed by atoms with van der Waals surface area (Å²) in [6.45, 7) is 6.92. The van der Waals surface area contributed by atoms with E-state index in [9.17, 15) is 4.79 Å². The lowest BCUT2D eigenvalue weighted by molar-refractivity contribution is -0.120. The Morgan fingerprint density at radius 1 is 1.44 bits per heavy atom. The van der Waals surface area contributed by atoms with Crippen molar-refractivity contribution in [3.05, 3.63) is 23.5 Å². The molecular formula is C14H21N3O. The lowest BCUT2D eigenvalue weighted by Crippen LogP contribution is -2.40. The molecule has 0 radical (unpaired) electrons. The molecule has 1 fully saturated rings. The zero-order chi connectivity index (χ0) is 13.1. The van der Waals surface area contributed by atoms with Gasteiger partial charge in [0.25, 0.3) is 0 Å².